The molecule has 0 saturated heterocycles. The average Bonchev–Trinajstić information content (AvgIpc) is 3.05. The van der Waals surface area contributed by atoms with Gasteiger partial charge in [-0.15, -0.1) is 0 Å². The van der Waals surface area contributed by atoms with Crippen molar-refractivity contribution in [2.24, 2.45) is 0 Å². The maximum absolute atomic E-state index is 13.0. The Balaban J connectivity index is 1.60. The first-order chi connectivity index (χ1) is 12.2. The second kappa shape index (κ2) is 6.39. The van der Waals surface area contributed by atoms with Gasteiger partial charge in [-0.25, -0.2) is 0 Å². The second-order valence-corrected chi connectivity index (χ2v) is 6.10. The van der Waals surface area contributed by atoms with Gasteiger partial charge in [0.2, 0.25) is 0 Å². The summed E-state index contributed by atoms with van der Waals surface area (Å²) in [6.45, 7) is 2.54. The predicted octanol–water partition coefficient (Wildman–Crippen LogP) is 3.71. The molecule has 0 unspecified atom stereocenters. The normalized spacial score (nSPS) is 13.4. The highest BCUT2D eigenvalue weighted by molar-refractivity contribution is 6.07. The second-order valence-electron chi connectivity index (χ2n) is 6.10. The average molecular weight is 334 g/mol. The van der Waals surface area contributed by atoms with Crippen molar-refractivity contribution in [1.82, 2.24) is 10.1 Å². The van der Waals surface area contributed by atoms with Crippen LogP contribution in [0.1, 0.15) is 28.1 Å². The number of amides is 1. The molecule has 2 aromatic heterocycles. The molecule has 3 aromatic rings. The highest BCUT2D eigenvalue weighted by atomic mass is 16.5. The molecule has 1 aromatic carbocycles. The number of hydrogen-bond donors (Lipinski definition) is 1. The van der Waals surface area contributed by atoms with E-state index < -0.39 is 0 Å². The fourth-order valence-corrected chi connectivity index (χ4v) is 3.10. The predicted molar refractivity (Wildman–Crippen MR) is 95.2 cm³/mol. The number of hydrogen-bond acceptors (Lipinski definition) is 5. The molecule has 6 nitrogen and oxygen atoms in total. The van der Waals surface area contributed by atoms with E-state index >= 15 is 0 Å². The third-order valence-corrected chi connectivity index (χ3v) is 4.24. The molecule has 25 heavy (non-hydrogen) atoms. The summed E-state index contributed by atoms with van der Waals surface area (Å²) in [5.74, 6) is 1.26. The minimum atomic E-state index is -0.0420. The van der Waals surface area contributed by atoms with Crippen molar-refractivity contribution in [2.45, 2.75) is 19.8 Å². The van der Waals surface area contributed by atoms with Crippen molar-refractivity contribution in [1.29, 1.82) is 0 Å². The lowest BCUT2D eigenvalue weighted by molar-refractivity contribution is 0.0985. The van der Waals surface area contributed by atoms with Crippen LogP contribution >= 0.6 is 0 Å². The van der Waals surface area contributed by atoms with E-state index in [2.05, 4.69) is 21.5 Å². The van der Waals surface area contributed by atoms with Gasteiger partial charge in [0, 0.05) is 24.5 Å². The lowest BCUT2D eigenvalue weighted by Crippen LogP contribution is -2.35. The summed E-state index contributed by atoms with van der Waals surface area (Å²) in [7, 11) is 0. The Morgan fingerprint density at radius 1 is 1.24 bits per heavy atom. The first-order valence-corrected chi connectivity index (χ1v) is 8.26. The third kappa shape index (κ3) is 3.10. The van der Waals surface area contributed by atoms with Crippen molar-refractivity contribution in [3.63, 3.8) is 0 Å². The van der Waals surface area contributed by atoms with Crippen LogP contribution in [0.5, 0.6) is 0 Å². The molecular weight excluding hydrogens is 316 g/mol. The molecule has 1 amide bonds. The molecule has 0 aliphatic carbocycles. The molecule has 0 fully saturated rings. The van der Waals surface area contributed by atoms with Gasteiger partial charge in [-0.1, -0.05) is 23.4 Å². The van der Waals surface area contributed by atoms with E-state index in [0.29, 0.717) is 22.8 Å². The van der Waals surface area contributed by atoms with Crippen LogP contribution in [-0.4, -0.2) is 22.6 Å². The molecule has 4 rings (SSSR count). The van der Waals surface area contributed by atoms with Crippen molar-refractivity contribution in [3.8, 4) is 0 Å². The van der Waals surface area contributed by atoms with E-state index in [4.69, 9.17) is 4.52 Å². The van der Waals surface area contributed by atoms with E-state index in [-0.39, 0.29) is 5.91 Å². The zero-order valence-electron chi connectivity index (χ0n) is 13.9. The lowest BCUT2D eigenvalue weighted by atomic mass is 10.0. The lowest BCUT2D eigenvalue weighted by Gasteiger charge is -2.29. The Kier molecular flexibility index (Phi) is 3.93. The van der Waals surface area contributed by atoms with E-state index in [9.17, 15) is 4.79 Å². The number of aryl methyl sites for hydroxylation is 2. The molecule has 3 heterocycles. The van der Waals surface area contributed by atoms with Gasteiger partial charge in [-0.3, -0.25) is 9.78 Å². The first-order valence-electron chi connectivity index (χ1n) is 8.26. The monoisotopic (exact) mass is 334 g/mol. The van der Waals surface area contributed by atoms with Crippen LogP contribution < -0.4 is 10.2 Å². The Bertz CT molecular complexity index is 919. The van der Waals surface area contributed by atoms with Crippen molar-refractivity contribution in [3.05, 3.63) is 65.7 Å². The highest BCUT2D eigenvalue weighted by Gasteiger charge is 2.23. The molecule has 1 aliphatic heterocycles. The van der Waals surface area contributed by atoms with E-state index in [0.717, 1.165) is 25.1 Å². The van der Waals surface area contributed by atoms with Gasteiger partial charge in [0.05, 0.1) is 17.4 Å². The van der Waals surface area contributed by atoms with Gasteiger partial charge >= 0.3 is 0 Å². The maximum Gasteiger partial charge on any atom is 0.259 e. The number of anilines is 3. The zero-order chi connectivity index (χ0) is 17.2. The molecule has 6 heteroatoms. The van der Waals surface area contributed by atoms with E-state index in [1.807, 2.05) is 30.0 Å². The van der Waals surface area contributed by atoms with Gasteiger partial charge in [-0.2, -0.15) is 0 Å². The number of fused-ring (bicyclic) bond motifs is 1. The number of nitrogens with zero attached hydrogens (tertiary/aromatic N) is 3. The number of aromatic nitrogens is 2. The summed E-state index contributed by atoms with van der Waals surface area (Å²) >= 11 is 0. The molecule has 0 bridgehead atoms. The number of nitrogens with one attached hydrogen (secondary N) is 1. The fourth-order valence-electron chi connectivity index (χ4n) is 3.10. The first kappa shape index (κ1) is 15.4. The quantitative estimate of drug-likeness (QED) is 0.790. The Morgan fingerprint density at radius 3 is 2.96 bits per heavy atom. The minimum absolute atomic E-state index is 0.0420. The van der Waals surface area contributed by atoms with Crippen LogP contribution in [-0.2, 0) is 6.42 Å². The van der Waals surface area contributed by atoms with Crippen LogP contribution in [0, 0.1) is 6.92 Å². The summed E-state index contributed by atoms with van der Waals surface area (Å²) < 4.78 is 5.04. The Morgan fingerprint density at radius 2 is 2.12 bits per heavy atom. The van der Waals surface area contributed by atoms with Crippen molar-refractivity contribution in [2.75, 3.05) is 16.8 Å². The van der Waals surface area contributed by atoms with E-state index in [1.165, 1.54) is 5.56 Å². The fraction of sp³-hybridized carbons (Fsp3) is 0.211. The maximum atomic E-state index is 13.0. The van der Waals surface area contributed by atoms with Gasteiger partial charge < -0.3 is 14.7 Å². The van der Waals surface area contributed by atoms with Crippen LogP contribution in [0.2, 0.25) is 0 Å². The molecule has 1 aliphatic rings. The molecule has 1 N–H and O–H groups in total. The largest absolute Gasteiger partial charge is 0.360 e. The van der Waals surface area contributed by atoms with Crippen LogP contribution in [0.4, 0.5) is 17.2 Å². The van der Waals surface area contributed by atoms with Crippen molar-refractivity contribution < 1.29 is 9.32 Å². The smallest absolute Gasteiger partial charge is 0.259 e. The number of carbonyl (C=O) groups is 1. The number of rotatable bonds is 3. The molecular formula is C19H18N4O2. The summed E-state index contributed by atoms with van der Waals surface area (Å²) in [4.78, 5) is 19.0. The van der Waals surface area contributed by atoms with Gasteiger partial charge in [0.25, 0.3) is 5.91 Å². The number of para-hydroxylation sites is 1. The summed E-state index contributed by atoms with van der Waals surface area (Å²) in [5.41, 5.74) is 3.44. The molecule has 0 atom stereocenters. The topological polar surface area (TPSA) is 71.3 Å². The number of benzene rings is 1. The molecule has 0 saturated carbocycles. The van der Waals surface area contributed by atoms with Gasteiger partial charge in [0.1, 0.15) is 5.76 Å². The van der Waals surface area contributed by atoms with Crippen LogP contribution in [0.3, 0.4) is 0 Å². The summed E-state index contributed by atoms with van der Waals surface area (Å²) in [6.07, 6.45) is 5.22. The summed E-state index contributed by atoms with van der Waals surface area (Å²) in [6, 6.07) is 11.6. The minimum Gasteiger partial charge on any atom is -0.360 e. The van der Waals surface area contributed by atoms with E-state index in [1.54, 1.807) is 24.5 Å². The summed E-state index contributed by atoms with van der Waals surface area (Å²) in [5, 5.41) is 7.00. The van der Waals surface area contributed by atoms with Crippen LogP contribution in [0.25, 0.3) is 0 Å². The van der Waals surface area contributed by atoms with Crippen LogP contribution in [0.15, 0.2) is 53.3 Å². The molecule has 0 radical (unpaired) electrons. The molecule has 0 spiro atoms. The Hall–Kier alpha value is -3.15. The highest BCUT2D eigenvalue weighted by Crippen LogP contribution is 2.28. The zero-order valence-corrected chi connectivity index (χ0v) is 13.9. The van der Waals surface area contributed by atoms with Crippen molar-refractivity contribution >= 4 is 23.1 Å². The number of carbonyl (C=O) groups excluding carboxylic acids is 1. The number of pyridine rings is 1. The molecule has 126 valence electrons. The van der Waals surface area contributed by atoms with Gasteiger partial charge in [-0.05, 0) is 37.5 Å². The standard InChI is InChI=1S/C19H18N4O2/c1-13-9-18(22-25-13)21-16-10-15(11-20-12-16)19(24)23-8-4-6-14-5-2-3-7-17(14)23/h2-3,5,7,9-12H,4,6,8H2,1H3,(H,21,22). The third-order valence-electron chi connectivity index (χ3n) is 4.24. The van der Waals surface area contributed by atoms with Gasteiger partial charge in [0.15, 0.2) is 5.82 Å². The SMILES string of the molecule is Cc1cc(Nc2cncc(C(=O)N3CCCc4ccccc43)c2)no1. The Labute approximate surface area is 145 Å².